The Kier molecular flexibility index (Phi) is 4.12. The highest BCUT2D eigenvalue weighted by molar-refractivity contribution is 5.55. The Morgan fingerprint density at radius 3 is 2.39 bits per heavy atom. The van der Waals surface area contributed by atoms with Crippen LogP contribution in [0, 0.1) is 0 Å². The minimum absolute atomic E-state index is 0.590. The molecule has 18 heavy (non-hydrogen) atoms. The lowest BCUT2D eigenvalue weighted by molar-refractivity contribution is 0.0697. The second kappa shape index (κ2) is 5.61. The zero-order valence-electron chi connectivity index (χ0n) is 11.4. The summed E-state index contributed by atoms with van der Waals surface area (Å²) in [5.74, 6) is 0. The van der Waals surface area contributed by atoms with E-state index in [1.54, 1.807) is 0 Å². The molecule has 1 atom stereocenters. The van der Waals surface area contributed by atoms with E-state index in [1.165, 1.54) is 31.6 Å². The van der Waals surface area contributed by atoms with Crippen LogP contribution in [0.15, 0.2) is 24.3 Å². The van der Waals surface area contributed by atoms with Gasteiger partial charge < -0.3 is 15.3 Å². The van der Waals surface area contributed by atoms with Crippen molar-refractivity contribution in [1.82, 2.24) is 0 Å². The van der Waals surface area contributed by atoms with Crippen molar-refractivity contribution in [2.75, 3.05) is 29.9 Å². The summed E-state index contributed by atoms with van der Waals surface area (Å²) in [6, 6.07) is 8.52. The van der Waals surface area contributed by atoms with Gasteiger partial charge in [0, 0.05) is 31.0 Å². The number of benzene rings is 1. The van der Waals surface area contributed by atoms with Crippen LogP contribution in [0.25, 0.3) is 0 Å². The first-order valence-electron chi connectivity index (χ1n) is 6.92. The van der Waals surface area contributed by atoms with Crippen molar-refractivity contribution in [1.29, 1.82) is 0 Å². The molecule has 1 aromatic carbocycles. The second-order valence-corrected chi connectivity index (χ2v) is 5.45. The number of hydrogen-bond acceptors (Lipinski definition) is 3. The monoisotopic (exact) mass is 248 g/mol. The van der Waals surface area contributed by atoms with Crippen molar-refractivity contribution >= 4 is 11.4 Å². The molecule has 0 spiro atoms. The van der Waals surface area contributed by atoms with Crippen LogP contribution < -0.4 is 10.2 Å². The van der Waals surface area contributed by atoms with Gasteiger partial charge in [0.15, 0.2) is 0 Å². The van der Waals surface area contributed by atoms with Gasteiger partial charge in [-0.2, -0.15) is 0 Å². The number of anilines is 2. The minimum Gasteiger partial charge on any atom is -0.388 e. The number of rotatable bonds is 5. The number of aliphatic hydroxyl groups is 1. The van der Waals surface area contributed by atoms with Crippen LogP contribution >= 0.6 is 0 Å². The Morgan fingerprint density at radius 2 is 1.83 bits per heavy atom. The van der Waals surface area contributed by atoms with E-state index < -0.39 is 5.60 Å². The smallest absolute Gasteiger partial charge is 0.0788 e. The molecule has 1 heterocycles. The minimum atomic E-state index is -0.631. The van der Waals surface area contributed by atoms with Crippen molar-refractivity contribution in [3.05, 3.63) is 24.3 Å². The van der Waals surface area contributed by atoms with Crippen LogP contribution in [0.5, 0.6) is 0 Å². The first-order valence-corrected chi connectivity index (χ1v) is 6.92. The van der Waals surface area contributed by atoms with Gasteiger partial charge >= 0.3 is 0 Å². The Morgan fingerprint density at radius 1 is 1.22 bits per heavy atom. The van der Waals surface area contributed by atoms with Gasteiger partial charge in [0.1, 0.15) is 0 Å². The molecule has 1 saturated heterocycles. The normalized spacial score (nSPS) is 18.7. The summed E-state index contributed by atoms with van der Waals surface area (Å²) in [5.41, 5.74) is 1.75. The van der Waals surface area contributed by atoms with Crippen LogP contribution in [0.2, 0.25) is 0 Å². The maximum absolute atomic E-state index is 9.94. The third-order valence-corrected chi connectivity index (χ3v) is 3.77. The average Bonchev–Trinajstić information content (AvgIpc) is 2.91. The lowest BCUT2D eigenvalue weighted by Crippen LogP contribution is -2.32. The molecule has 0 radical (unpaired) electrons. The molecule has 0 aromatic heterocycles. The van der Waals surface area contributed by atoms with E-state index in [4.69, 9.17) is 0 Å². The summed E-state index contributed by atoms with van der Waals surface area (Å²) in [7, 11) is 0. The first-order chi connectivity index (χ1) is 8.61. The molecule has 1 unspecified atom stereocenters. The van der Waals surface area contributed by atoms with Crippen molar-refractivity contribution in [2.24, 2.45) is 0 Å². The standard InChI is InChI=1S/C15H24N2O/c1-3-15(2,18)12-16-13-6-8-14(9-7-13)17-10-4-5-11-17/h6-9,16,18H,3-5,10-12H2,1-2H3. The van der Waals surface area contributed by atoms with Crippen molar-refractivity contribution < 1.29 is 5.11 Å². The Bertz CT molecular complexity index is 367. The Labute approximate surface area is 110 Å². The number of nitrogens with one attached hydrogen (secondary N) is 1. The fraction of sp³-hybridized carbons (Fsp3) is 0.600. The molecule has 1 aliphatic rings. The van der Waals surface area contributed by atoms with Crippen LogP contribution in [0.3, 0.4) is 0 Å². The van der Waals surface area contributed by atoms with Gasteiger partial charge in [-0.3, -0.25) is 0 Å². The van der Waals surface area contributed by atoms with Gasteiger partial charge in [0.05, 0.1) is 5.60 Å². The van der Waals surface area contributed by atoms with Crippen LogP contribution in [0.1, 0.15) is 33.1 Å². The number of hydrogen-bond donors (Lipinski definition) is 2. The van der Waals surface area contributed by atoms with E-state index in [0.29, 0.717) is 6.54 Å². The second-order valence-electron chi connectivity index (χ2n) is 5.45. The molecule has 0 saturated carbocycles. The van der Waals surface area contributed by atoms with Gasteiger partial charge in [0.2, 0.25) is 0 Å². The van der Waals surface area contributed by atoms with Crippen LogP contribution in [0.4, 0.5) is 11.4 Å². The van der Waals surface area contributed by atoms with E-state index in [0.717, 1.165) is 12.1 Å². The molecule has 1 aliphatic heterocycles. The maximum atomic E-state index is 9.94. The van der Waals surface area contributed by atoms with Gasteiger partial charge in [-0.25, -0.2) is 0 Å². The van der Waals surface area contributed by atoms with Crippen LogP contribution in [-0.4, -0.2) is 30.3 Å². The fourth-order valence-corrected chi connectivity index (χ4v) is 2.18. The van der Waals surface area contributed by atoms with E-state index in [1.807, 2.05) is 13.8 Å². The predicted octanol–water partition coefficient (Wildman–Crippen LogP) is 2.86. The molecule has 2 rings (SSSR count). The molecule has 0 aliphatic carbocycles. The molecule has 1 aromatic rings. The fourth-order valence-electron chi connectivity index (χ4n) is 2.18. The predicted molar refractivity (Wildman–Crippen MR) is 77.3 cm³/mol. The van der Waals surface area contributed by atoms with Crippen molar-refractivity contribution in [3.63, 3.8) is 0 Å². The molecular formula is C15H24N2O. The summed E-state index contributed by atoms with van der Waals surface area (Å²) in [5, 5.41) is 13.2. The lowest BCUT2D eigenvalue weighted by atomic mass is 10.0. The summed E-state index contributed by atoms with van der Waals surface area (Å²) in [6.07, 6.45) is 3.37. The molecule has 1 fully saturated rings. The molecular weight excluding hydrogens is 224 g/mol. The quantitative estimate of drug-likeness (QED) is 0.841. The summed E-state index contributed by atoms with van der Waals surface area (Å²) in [4.78, 5) is 2.42. The molecule has 3 heteroatoms. The zero-order chi connectivity index (χ0) is 13.0. The number of nitrogens with zero attached hydrogens (tertiary/aromatic N) is 1. The van der Waals surface area contributed by atoms with Gasteiger partial charge in [0.25, 0.3) is 0 Å². The van der Waals surface area contributed by atoms with E-state index in [-0.39, 0.29) is 0 Å². The molecule has 0 bridgehead atoms. The van der Waals surface area contributed by atoms with Crippen molar-refractivity contribution in [2.45, 2.75) is 38.7 Å². The average molecular weight is 248 g/mol. The maximum Gasteiger partial charge on any atom is 0.0788 e. The topological polar surface area (TPSA) is 35.5 Å². The van der Waals surface area contributed by atoms with E-state index in [9.17, 15) is 5.11 Å². The van der Waals surface area contributed by atoms with E-state index in [2.05, 4.69) is 34.5 Å². The van der Waals surface area contributed by atoms with Gasteiger partial charge in [-0.1, -0.05) is 6.92 Å². The molecule has 2 N–H and O–H groups in total. The Hall–Kier alpha value is -1.22. The third-order valence-electron chi connectivity index (χ3n) is 3.77. The third kappa shape index (κ3) is 3.39. The SMILES string of the molecule is CCC(C)(O)CNc1ccc(N2CCCC2)cc1. The largest absolute Gasteiger partial charge is 0.388 e. The van der Waals surface area contributed by atoms with Gasteiger partial charge in [-0.15, -0.1) is 0 Å². The van der Waals surface area contributed by atoms with Gasteiger partial charge in [-0.05, 0) is 50.5 Å². The zero-order valence-corrected chi connectivity index (χ0v) is 11.4. The molecule has 3 nitrogen and oxygen atoms in total. The molecule has 100 valence electrons. The first kappa shape index (κ1) is 13.2. The summed E-state index contributed by atoms with van der Waals surface area (Å²) >= 11 is 0. The highest BCUT2D eigenvalue weighted by atomic mass is 16.3. The highest BCUT2D eigenvalue weighted by Gasteiger charge is 2.17. The highest BCUT2D eigenvalue weighted by Crippen LogP contribution is 2.22. The lowest BCUT2D eigenvalue weighted by Gasteiger charge is -2.23. The van der Waals surface area contributed by atoms with Crippen molar-refractivity contribution in [3.8, 4) is 0 Å². The summed E-state index contributed by atoms with van der Waals surface area (Å²) < 4.78 is 0. The summed E-state index contributed by atoms with van der Waals surface area (Å²) in [6.45, 7) is 6.80. The Balaban J connectivity index is 1.91. The van der Waals surface area contributed by atoms with E-state index >= 15 is 0 Å². The molecule has 0 amide bonds. The van der Waals surface area contributed by atoms with Crippen LogP contribution in [-0.2, 0) is 0 Å².